The number of carbonyl (C=O) groups is 4. The minimum absolute atomic E-state index is 0.0887. The number of nitrogens with two attached hydrogens (primary N) is 1. The number of aromatic nitrogens is 1. The average Bonchev–Trinajstić information content (AvgIpc) is 3.51. The minimum atomic E-state index is -0.954. The minimum Gasteiger partial charge on any atom is -0.461 e. The number of esters is 1. The molecule has 4 N–H and O–H groups in total. The highest BCUT2D eigenvalue weighted by Gasteiger charge is 2.35. The van der Waals surface area contributed by atoms with E-state index in [-0.39, 0.29) is 18.9 Å². The van der Waals surface area contributed by atoms with E-state index in [0.717, 1.165) is 27.8 Å². The van der Waals surface area contributed by atoms with E-state index in [9.17, 15) is 19.2 Å². The van der Waals surface area contributed by atoms with Crippen LogP contribution in [-0.4, -0.2) is 41.3 Å². The van der Waals surface area contributed by atoms with E-state index in [1.807, 2.05) is 93.6 Å². The van der Waals surface area contributed by atoms with Crippen molar-refractivity contribution in [3.63, 3.8) is 0 Å². The molecule has 0 unspecified atom stereocenters. The van der Waals surface area contributed by atoms with E-state index in [1.165, 1.54) is 7.05 Å². The van der Waals surface area contributed by atoms with Gasteiger partial charge in [0, 0.05) is 25.0 Å². The maximum atomic E-state index is 13.7. The van der Waals surface area contributed by atoms with Crippen LogP contribution < -0.4 is 16.4 Å². The summed E-state index contributed by atoms with van der Waals surface area (Å²) in [5, 5.41) is 5.47. The first kappa shape index (κ1) is 31.7. The molecule has 3 aromatic carbocycles. The zero-order valence-electron chi connectivity index (χ0n) is 25.4. The van der Waals surface area contributed by atoms with Gasteiger partial charge in [0.1, 0.15) is 18.7 Å². The quantitative estimate of drug-likeness (QED) is 0.213. The summed E-state index contributed by atoms with van der Waals surface area (Å²) in [4.78, 5) is 50.7. The van der Waals surface area contributed by atoms with Gasteiger partial charge in [-0.25, -0.2) is 0 Å². The molecular formula is C35H38N4O5. The van der Waals surface area contributed by atoms with Crippen LogP contribution in [0.4, 0.5) is 0 Å². The molecule has 4 aromatic rings. The number of ether oxygens (including phenoxy) is 1. The number of nitrogens with one attached hydrogen (secondary N) is 2. The number of rotatable bonds is 11. The zero-order chi connectivity index (χ0) is 31.9. The summed E-state index contributed by atoms with van der Waals surface area (Å²) in [6.45, 7) is 5.67. The summed E-state index contributed by atoms with van der Waals surface area (Å²) in [5.74, 6) is -1.81. The Labute approximate surface area is 257 Å². The summed E-state index contributed by atoms with van der Waals surface area (Å²) >= 11 is 0. The number of amides is 3. The van der Waals surface area contributed by atoms with Gasteiger partial charge in [0.05, 0.1) is 6.42 Å². The van der Waals surface area contributed by atoms with Gasteiger partial charge in [0.25, 0.3) is 0 Å². The van der Waals surface area contributed by atoms with Crippen LogP contribution in [0, 0.1) is 5.41 Å². The van der Waals surface area contributed by atoms with Gasteiger partial charge in [0.15, 0.2) is 0 Å². The normalized spacial score (nSPS) is 12.5. The fraction of sp³-hybridized carbons (Fsp3) is 0.257. The van der Waals surface area contributed by atoms with Crippen molar-refractivity contribution in [1.82, 2.24) is 15.2 Å². The lowest BCUT2D eigenvalue weighted by Crippen LogP contribution is -2.54. The molecular weight excluding hydrogens is 556 g/mol. The van der Waals surface area contributed by atoms with Crippen molar-refractivity contribution in [3.05, 3.63) is 108 Å². The molecule has 9 nitrogen and oxygen atoms in total. The molecule has 0 bridgehead atoms. The molecule has 1 aromatic heterocycles. The van der Waals surface area contributed by atoms with Crippen LogP contribution in [0.2, 0.25) is 0 Å². The van der Waals surface area contributed by atoms with Gasteiger partial charge in [-0.15, -0.1) is 0 Å². The first-order valence-corrected chi connectivity index (χ1v) is 14.4. The lowest BCUT2D eigenvalue weighted by Gasteiger charge is -2.31. The Morgan fingerprint density at radius 3 is 1.91 bits per heavy atom. The van der Waals surface area contributed by atoms with Gasteiger partial charge in [-0.3, -0.25) is 19.2 Å². The lowest BCUT2D eigenvalue weighted by atomic mass is 9.86. The van der Waals surface area contributed by atoms with E-state index >= 15 is 0 Å². The average molecular weight is 595 g/mol. The predicted molar refractivity (Wildman–Crippen MR) is 169 cm³/mol. The van der Waals surface area contributed by atoms with Crippen molar-refractivity contribution in [3.8, 4) is 22.3 Å². The van der Waals surface area contributed by atoms with E-state index < -0.39 is 35.3 Å². The Kier molecular flexibility index (Phi) is 10.0. The topological polar surface area (TPSA) is 133 Å². The molecule has 0 saturated carbocycles. The molecule has 0 aliphatic heterocycles. The number of carbonyl (C=O) groups excluding carboxylic acids is 4. The summed E-state index contributed by atoms with van der Waals surface area (Å²) in [7, 11) is 1.52. The molecule has 0 spiro atoms. The smallest absolute Gasteiger partial charge is 0.308 e. The third kappa shape index (κ3) is 8.01. The molecule has 0 fully saturated rings. The summed E-state index contributed by atoms with van der Waals surface area (Å²) in [6.07, 6.45) is 3.32. The number of likely N-dealkylation sites (N-methyl/N-ethyl adjacent to an activating group) is 1. The Balaban J connectivity index is 1.56. The maximum absolute atomic E-state index is 13.7. The summed E-state index contributed by atoms with van der Waals surface area (Å²) in [6, 6.07) is 24.3. The molecule has 2 atom stereocenters. The number of hydrogen-bond acceptors (Lipinski definition) is 5. The first-order chi connectivity index (χ1) is 21.0. The van der Waals surface area contributed by atoms with Gasteiger partial charge in [-0.2, -0.15) is 0 Å². The van der Waals surface area contributed by atoms with Crippen LogP contribution >= 0.6 is 0 Å². The second-order valence-electron chi connectivity index (χ2n) is 11.7. The standard InChI is InChI=1S/C35H38N4O5/c1-35(2,3)31(34(43)37-4)38-33(42)29(20-30(40)44-22-23-8-6-5-7-9-23)39-19-18-28(21-39)26-12-10-24(11-13-26)25-14-16-27(17-15-25)32(36)41/h5-19,21,29,31H,20,22H2,1-4H3,(H2,36,41)(H,37,43)(H,38,42)/t29-,31-/m1/s1. The number of primary amides is 1. The Hall–Kier alpha value is -5.18. The van der Waals surface area contributed by atoms with Crippen LogP contribution in [0.3, 0.4) is 0 Å². The van der Waals surface area contributed by atoms with Crippen LogP contribution in [-0.2, 0) is 25.7 Å². The van der Waals surface area contributed by atoms with Gasteiger partial charge in [-0.1, -0.05) is 87.5 Å². The maximum Gasteiger partial charge on any atom is 0.308 e. The van der Waals surface area contributed by atoms with E-state index in [0.29, 0.717) is 5.56 Å². The van der Waals surface area contributed by atoms with Crippen molar-refractivity contribution in [2.75, 3.05) is 7.05 Å². The summed E-state index contributed by atoms with van der Waals surface area (Å²) < 4.78 is 7.18. The van der Waals surface area contributed by atoms with Gasteiger partial charge in [-0.05, 0) is 51.4 Å². The molecule has 9 heteroatoms. The third-order valence-corrected chi connectivity index (χ3v) is 7.36. The Morgan fingerprint density at radius 2 is 1.36 bits per heavy atom. The molecule has 0 radical (unpaired) electrons. The molecule has 228 valence electrons. The van der Waals surface area contributed by atoms with Crippen molar-refractivity contribution >= 4 is 23.7 Å². The van der Waals surface area contributed by atoms with Crippen LogP contribution in [0.1, 0.15) is 49.2 Å². The van der Waals surface area contributed by atoms with Crippen molar-refractivity contribution in [1.29, 1.82) is 0 Å². The molecule has 0 saturated heterocycles. The van der Waals surface area contributed by atoms with E-state index in [2.05, 4.69) is 10.6 Å². The van der Waals surface area contributed by atoms with Crippen molar-refractivity contribution in [2.24, 2.45) is 11.1 Å². The highest BCUT2D eigenvalue weighted by atomic mass is 16.5. The number of benzene rings is 3. The van der Waals surface area contributed by atoms with Crippen molar-refractivity contribution < 1.29 is 23.9 Å². The lowest BCUT2D eigenvalue weighted by molar-refractivity contribution is -0.148. The predicted octanol–water partition coefficient (Wildman–Crippen LogP) is 4.87. The number of hydrogen-bond donors (Lipinski definition) is 3. The SMILES string of the molecule is CNC(=O)[C@@H](NC(=O)[C@@H](CC(=O)OCc1ccccc1)n1ccc(-c2ccc(-c3ccc(C(N)=O)cc3)cc2)c1)C(C)(C)C. The zero-order valence-corrected chi connectivity index (χ0v) is 25.4. The third-order valence-electron chi connectivity index (χ3n) is 7.36. The second kappa shape index (κ2) is 13.9. The van der Waals surface area contributed by atoms with Gasteiger partial charge >= 0.3 is 5.97 Å². The fourth-order valence-corrected chi connectivity index (χ4v) is 4.81. The van der Waals surface area contributed by atoms with Gasteiger partial charge in [0.2, 0.25) is 17.7 Å². The number of nitrogens with zero attached hydrogens (tertiary/aromatic N) is 1. The van der Waals surface area contributed by atoms with Gasteiger partial charge < -0.3 is 25.7 Å². The van der Waals surface area contributed by atoms with Crippen molar-refractivity contribution in [2.45, 2.75) is 45.9 Å². The van der Waals surface area contributed by atoms with Crippen LogP contribution in [0.15, 0.2) is 97.3 Å². The molecule has 1 heterocycles. The highest BCUT2D eigenvalue weighted by Crippen LogP contribution is 2.28. The molecule has 0 aliphatic carbocycles. The van der Waals surface area contributed by atoms with E-state index in [1.54, 1.807) is 29.1 Å². The van der Waals surface area contributed by atoms with E-state index in [4.69, 9.17) is 10.5 Å². The Morgan fingerprint density at radius 1 is 0.795 bits per heavy atom. The monoisotopic (exact) mass is 594 g/mol. The molecule has 4 rings (SSSR count). The summed E-state index contributed by atoms with van der Waals surface area (Å²) in [5.41, 5.74) is 9.71. The Bertz CT molecular complexity index is 1600. The molecule has 44 heavy (non-hydrogen) atoms. The van der Waals surface area contributed by atoms with Crippen LogP contribution in [0.25, 0.3) is 22.3 Å². The first-order valence-electron chi connectivity index (χ1n) is 14.4. The van der Waals surface area contributed by atoms with Crippen LogP contribution in [0.5, 0.6) is 0 Å². The molecule has 0 aliphatic rings. The fourth-order valence-electron chi connectivity index (χ4n) is 4.81. The molecule has 3 amide bonds. The highest BCUT2D eigenvalue weighted by molar-refractivity contribution is 5.93. The second-order valence-corrected chi connectivity index (χ2v) is 11.7. The largest absolute Gasteiger partial charge is 0.461 e.